The number of benzene rings is 1. The van der Waals surface area contributed by atoms with Crippen molar-refractivity contribution < 1.29 is 9.53 Å². The fourth-order valence-electron chi connectivity index (χ4n) is 3.40. The summed E-state index contributed by atoms with van der Waals surface area (Å²) in [5, 5.41) is 3.55. The monoisotopic (exact) mass is 463 g/mol. The molecule has 1 amide bonds. The van der Waals surface area contributed by atoms with Gasteiger partial charge in [0.05, 0.1) is 35.8 Å². The zero-order valence-corrected chi connectivity index (χ0v) is 18.9. The standard InChI is InChI=1S/C21H22ClN3O3S2/c1-24(12-16-5-3-9-29-16)19(26)13-30-21-23-18-10-14(22)6-7-17(18)20(27)25(21)11-15-4-2-8-28-15/h3,5-7,9-10,15H,2,4,8,11-13H2,1H3/t15-/m0/s1. The third-order valence-corrected chi connectivity index (χ3v) is 7.07. The summed E-state index contributed by atoms with van der Waals surface area (Å²) in [5.41, 5.74) is 0.409. The lowest BCUT2D eigenvalue weighted by Crippen LogP contribution is -2.30. The van der Waals surface area contributed by atoms with Crippen molar-refractivity contribution in [1.82, 2.24) is 14.5 Å². The van der Waals surface area contributed by atoms with Gasteiger partial charge in [-0.2, -0.15) is 0 Å². The number of ether oxygens (including phenoxy) is 1. The van der Waals surface area contributed by atoms with Gasteiger partial charge in [0.15, 0.2) is 5.16 Å². The molecule has 0 N–H and O–H groups in total. The first-order valence-electron chi connectivity index (χ1n) is 9.72. The quantitative estimate of drug-likeness (QED) is 0.391. The number of hydrogen-bond acceptors (Lipinski definition) is 6. The maximum absolute atomic E-state index is 13.2. The lowest BCUT2D eigenvalue weighted by molar-refractivity contribution is -0.127. The molecule has 158 valence electrons. The van der Waals surface area contributed by atoms with Crippen molar-refractivity contribution in [2.24, 2.45) is 0 Å². The summed E-state index contributed by atoms with van der Waals surface area (Å²) in [5.74, 6) is 0.184. The molecular formula is C21H22ClN3O3S2. The van der Waals surface area contributed by atoms with Crippen molar-refractivity contribution in [3.05, 3.63) is 56.0 Å². The van der Waals surface area contributed by atoms with Crippen LogP contribution >= 0.6 is 34.7 Å². The number of halogens is 1. The first-order chi connectivity index (χ1) is 14.5. The third kappa shape index (κ3) is 4.88. The predicted molar refractivity (Wildman–Crippen MR) is 122 cm³/mol. The molecule has 3 aromatic rings. The van der Waals surface area contributed by atoms with E-state index < -0.39 is 0 Å². The first-order valence-corrected chi connectivity index (χ1v) is 12.0. The highest BCUT2D eigenvalue weighted by Crippen LogP contribution is 2.23. The molecule has 1 saturated heterocycles. The van der Waals surface area contributed by atoms with E-state index in [4.69, 9.17) is 16.3 Å². The van der Waals surface area contributed by atoms with Gasteiger partial charge in [-0.3, -0.25) is 14.2 Å². The van der Waals surface area contributed by atoms with Crippen molar-refractivity contribution in [3.8, 4) is 0 Å². The van der Waals surface area contributed by atoms with Gasteiger partial charge in [-0.15, -0.1) is 11.3 Å². The number of hydrogen-bond donors (Lipinski definition) is 0. The molecule has 1 atom stereocenters. The van der Waals surface area contributed by atoms with E-state index >= 15 is 0 Å². The Morgan fingerprint density at radius 2 is 2.30 bits per heavy atom. The van der Waals surface area contributed by atoms with Gasteiger partial charge in [0.25, 0.3) is 5.56 Å². The zero-order chi connectivity index (χ0) is 21.1. The van der Waals surface area contributed by atoms with Gasteiger partial charge in [0.1, 0.15) is 0 Å². The van der Waals surface area contributed by atoms with E-state index in [1.165, 1.54) is 11.8 Å². The van der Waals surface area contributed by atoms with Crippen molar-refractivity contribution in [2.45, 2.75) is 37.2 Å². The van der Waals surface area contributed by atoms with Crippen LogP contribution in [0.5, 0.6) is 0 Å². The lowest BCUT2D eigenvalue weighted by atomic mass is 10.2. The average molecular weight is 464 g/mol. The normalized spacial score (nSPS) is 16.3. The molecule has 0 spiro atoms. The van der Waals surface area contributed by atoms with Crippen LogP contribution in [0.4, 0.5) is 0 Å². The van der Waals surface area contributed by atoms with Gasteiger partial charge in [-0.1, -0.05) is 29.4 Å². The third-order valence-electron chi connectivity index (χ3n) is 5.02. The van der Waals surface area contributed by atoms with Crippen LogP contribution < -0.4 is 5.56 Å². The molecule has 3 heterocycles. The summed E-state index contributed by atoms with van der Waals surface area (Å²) < 4.78 is 7.37. The van der Waals surface area contributed by atoms with E-state index in [9.17, 15) is 9.59 Å². The second-order valence-electron chi connectivity index (χ2n) is 7.22. The number of fused-ring (bicyclic) bond motifs is 1. The van der Waals surface area contributed by atoms with E-state index in [1.54, 1.807) is 46.1 Å². The largest absolute Gasteiger partial charge is 0.376 e. The summed E-state index contributed by atoms with van der Waals surface area (Å²) >= 11 is 9.00. The number of rotatable bonds is 7. The molecule has 0 bridgehead atoms. The van der Waals surface area contributed by atoms with Gasteiger partial charge < -0.3 is 9.64 Å². The molecule has 6 nitrogen and oxygen atoms in total. The van der Waals surface area contributed by atoms with Gasteiger partial charge in [-0.25, -0.2) is 4.98 Å². The number of aromatic nitrogens is 2. The number of nitrogens with zero attached hydrogens (tertiary/aromatic N) is 3. The molecule has 1 aromatic carbocycles. The highest BCUT2D eigenvalue weighted by atomic mass is 35.5. The highest BCUT2D eigenvalue weighted by molar-refractivity contribution is 7.99. The molecule has 2 aromatic heterocycles. The predicted octanol–water partition coefficient (Wildman–Crippen LogP) is 4.04. The van der Waals surface area contributed by atoms with Gasteiger partial charge in [0.2, 0.25) is 5.91 Å². The van der Waals surface area contributed by atoms with Crippen molar-refractivity contribution >= 4 is 51.5 Å². The second kappa shape index (κ2) is 9.51. The highest BCUT2D eigenvalue weighted by Gasteiger charge is 2.21. The molecule has 1 aliphatic heterocycles. The van der Waals surface area contributed by atoms with E-state index in [0.717, 1.165) is 17.7 Å². The van der Waals surface area contributed by atoms with Crippen LogP contribution in [0.1, 0.15) is 17.7 Å². The van der Waals surface area contributed by atoms with E-state index in [0.29, 0.717) is 40.8 Å². The fraction of sp³-hybridized carbons (Fsp3) is 0.381. The van der Waals surface area contributed by atoms with Gasteiger partial charge in [0, 0.05) is 23.6 Å². The molecule has 4 rings (SSSR count). The molecule has 0 radical (unpaired) electrons. The molecular weight excluding hydrogens is 442 g/mol. The van der Waals surface area contributed by atoms with Gasteiger partial charge >= 0.3 is 0 Å². The number of carbonyl (C=O) groups excluding carboxylic acids is 1. The number of carbonyl (C=O) groups is 1. The lowest BCUT2D eigenvalue weighted by Gasteiger charge is -2.18. The number of thiophene rings is 1. The summed E-state index contributed by atoms with van der Waals surface area (Å²) in [7, 11) is 1.79. The SMILES string of the molecule is CN(Cc1cccs1)C(=O)CSc1nc2cc(Cl)ccc2c(=O)n1C[C@@H]1CCCO1. The molecule has 0 unspecified atom stereocenters. The molecule has 9 heteroatoms. The number of amides is 1. The maximum atomic E-state index is 13.2. The number of thioether (sulfide) groups is 1. The van der Waals surface area contributed by atoms with Crippen molar-refractivity contribution in [1.29, 1.82) is 0 Å². The van der Waals surface area contributed by atoms with Crippen LogP contribution in [0.3, 0.4) is 0 Å². The minimum Gasteiger partial charge on any atom is -0.376 e. The van der Waals surface area contributed by atoms with Crippen LogP contribution in [-0.4, -0.2) is 45.9 Å². The van der Waals surface area contributed by atoms with Gasteiger partial charge in [-0.05, 0) is 42.5 Å². The van der Waals surface area contributed by atoms with E-state index in [2.05, 4.69) is 4.98 Å². The fourth-order valence-corrected chi connectivity index (χ4v) is 5.27. The van der Waals surface area contributed by atoms with Crippen LogP contribution in [0.25, 0.3) is 10.9 Å². The first kappa shape index (κ1) is 21.4. The minimum atomic E-state index is -0.131. The second-order valence-corrected chi connectivity index (χ2v) is 9.64. The topological polar surface area (TPSA) is 64.4 Å². The Morgan fingerprint density at radius 1 is 1.43 bits per heavy atom. The van der Waals surface area contributed by atoms with Crippen LogP contribution in [0, 0.1) is 0 Å². The Balaban J connectivity index is 1.57. The maximum Gasteiger partial charge on any atom is 0.262 e. The Morgan fingerprint density at radius 3 is 3.03 bits per heavy atom. The Hall–Kier alpha value is -1.87. The Labute approximate surface area is 187 Å². The molecule has 1 aliphatic rings. The molecule has 1 fully saturated rings. The molecule has 30 heavy (non-hydrogen) atoms. The summed E-state index contributed by atoms with van der Waals surface area (Å²) in [6.45, 7) is 1.72. The van der Waals surface area contributed by atoms with Crippen molar-refractivity contribution in [2.75, 3.05) is 19.4 Å². The zero-order valence-electron chi connectivity index (χ0n) is 16.5. The Bertz CT molecular complexity index is 1090. The van der Waals surface area contributed by atoms with Crippen LogP contribution in [-0.2, 0) is 22.6 Å². The molecule has 0 aliphatic carbocycles. The van der Waals surface area contributed by atoms with E-state index in [1.807, 2.05) is 17.5 Å². The summed E-state index contributed by atoms with van der Waals surface area (Å²) in [4.78, 5) is 33.3. The van der Waals surface area contributed by atoms with Crippen molar-refractivity contribution in [3.63, 3.8) is 0 Å². The van der Waals surface area contributed by atoms with E-state index in [-0.39, 0.29) is 23.3 Å². The summed E-state index contributed by atoms with van der Waals surface area (Å²) in [6.07, 6.45) is 1.90. The van der Waals surface area contributed by atoms with Crippen LogP contribution in [0.2, 0.25) is 5.02 Å². The minimum absolute atomic E-state index is 0.00851. The smallest absolute Gasteiger partial charge is 0.262 e. The van der Waals surface area contributed by atoms with Crippen LogP contribution in [0.15, 0.2) is 45.7 Å². The molecule has 0 saturated carbocycles. The average Bonchev–Trinajstić information content (AvgIpc) is 3.42. The Kier molecular flexibility index (Phi) is 6.77. The summed E-state index contributed by atoms with van der Waals surface area (Å²) in [6, 6.07) is 9.06.